The molecule has 7 aromatic carbocycles. The zero-order chi connectivity index (χ0) is 40.4. The molecule has 0 aliphatic heterocycles. The fourth-order valence-electron chi connectivity index (χ4n) is 8.50. The van der Waals surface area contributed by atoms with Crippen LogP contribution in [0.2, 0.25) is 0 Å². The number of aromatic nitrogens is 1. The normalized spacial score (nSPS) is 12.9. The molecule has 0 radical (unpaired) electrons. The molecule has 0 fully saturated rings. The van der Waals surface area contributed by atoms with Crippen molar-refractivity contribution in [1.82, 2.24) is 4.57 Å². The fraction of sp³-hybridized carbons (Fsp3) is 0.109. The van der Waals surface area contributed by atoms with E-state index in [0.29, 0.717) is 5.56 Å². The lowest BCUT2D eigenvalue weighted by molar-refractivity contribution is 0.112. The average molecular weight is 753 g/mol. The van der Waals surface area contributed by atoms with Gasteiger partial charge in [0.25, 0.3) is 0 Å². The first-order chi connectivity index (χ1) is 28.4. The molecule has 9 rings (SSSR count). The standard InChI is InChI=1S/C53H42N2O.C2H6/c1-5-7-13-37(6-2)38-19-24-42(25-20-38)54(44-28-30-46-45-29-18-36(35-56)32-49(45)53(3,4)50(46)34-44)43-26-21-39(22-27-43)40-23-31-52-48(33-40)47-16-11-12-17-51(47)55(52)41-14-9-8-10-15-41;1-2/h5-35H,2H2,1,3-4H3;1-2H3/b7-5-,37-13+;. The lowest BCUT2D eigenvalue weighted by Crippen LogP contribution is -2.17. The summed E-state index contributed by atoms with van der Waals surface area (Å²) >= 11 is 0. The quantitative estimate of drug-likeness (QED) is 0.108. The van der Waals surface area contributed by atoms with Gasteiger partial charge in [0.1, 0.15) is 6.29 Å². The molecule has 0 bridgehead atoms. The van der Waals surface area contributed by atoms with Gasteiger partial charge >= 0.3 is 0 Å². The number of carbonyl (C=O) groups is 1. The van der Waals surface area contributed by atoms with Gasteiger partial charge in [-0.25, -0.2) is 0 Å². The third-order valence-electron chi connectivity index (χ3n) is 11.4. The summed E-state index contributed by atoms with van der Waals surface area (Å²) in [5.74, 6) is 0. The van der Waals surface area contributed by atoms with Crippen molar-refractivity contribution in [2.45, 2.75) is 40.0 Å². The van der Waals surface area contributed by atoms with Gasteiger partial charge in [0.2, 0.25) is 0 Å². The molecule has 1 aliphatic rings. The Balaban J connectivity index is 0.00000231. The zero-order valence-corrected chi connectivity index (χ0v) is 33.9. The number of hydrogen-bond donors (Lipinski definition) is 0. The molecule has 1 aliphatic carbocycles. The molecule has 284 valence electrons. The summed E-state index contributed by atoms with van der Waals surface area (Å²) in [7, 11) is 0. The number of carbonyl (C=O) groups excluding carboxylic acids is 1. The van der Waals surface area contributed by atoms with Crippen LogP contribution in [-0.4, -0.2) is 10.9 Å². The highest BCUT2D eigenvalue weighted by Gasteiger charge is 2.36. The Morgan fingerprint density at radius 1 is 0.621 bits per heavy atom. The van der Waals surface area contributed by atoms with Crippen molar-refractivity contribution in [2.24, 2.45) is 0 Å². The van der Waals surface area contributed by atoms with Crippen molar-refractivity contribution >= 4 is 50.7 Å². The van der Waals surface area contributed by atoms with E-state index in [1.807, 2.05) is 51.1 Å². The van der Waals surface area contributed by atoms with E-state index in [-0.39, 0.29) is 5.41 Å². The summed E-state index contributed by atoms with van der Waals surface area (Å²) in [4.78, 5) is 14.1. The Morgan fingerprint density at radius 2 is 1.22 bits per heavy atom. The molecule has 0 spiro atoms. The zero-order valence-electron chi connectivity index (χ0n) is 33.9. The van der Waals surface area contributed by atoms with Gasteiger partial charge in [0, 0.05) is 44.5 Å². The summed E-state index contributed by atoms with van der Waals surface area (Å²) in [6.07, 6.45) is 8.99. The molecule has 1 aromatic heterocycles. The van der Waals surface area contributed by atoms with E-state index >= 15 is 0 Å². The third kappa shape index (κ3) is 6.59. The largest absolute Gasteiger partial charge is 0.310 e. The molecule has 0 N–H and O–H groups in total. The van der Waals surface area contributed by atoms with Crippen LogP contribution in [0.5, 0.6) is 0 Å². The van der Waals surface area contributed by atoms with Gasteiger partial charge < -0.3 is 9.47 Å². The van der Waals surface area contributed by atoms with Crippen molar-refractivity contribution in [3.8, 4) is 27.9 Å². The molecule has 0 unspecified atom stereocenters. The highest BCUT2D eigenvalue weighted by atomic mass is 16.1. The summed E-state index contributed by atoms with van der Waals surface area (Å²) in [6, 6.07) is 56.6. The number of rotatable bonds is 9. The second-order valence-electron chi connectivity index (χ2n) is 15.0. The van der Waals surface area contributed by atoms with E-state index in [4.69, 9.17) is 0 Å². The van der Waals surface area contributed by atoms with Crippen molar-refractivity contribution in [3.63, 3.8) is 0 Å². The minimum atomic E-state index is -0.266. The van der Waals surface area contributed by atoms with Crippen molar-refractivity contribution in [2.75, 3.05) is 4.90 Å². The fourth-order valence-corrected chi connectivity index (χ4v) is 8.50. The molecule has 3 heteroatoms. The Kier molecular flexibility index (Phi) is 10.4. The van der Waals surface area contributed by atoms with Gasteiger partial charge in [0.15, 0.2) is 0 Å². The number of hydrogen-bond acceptors (Lipinski definition) is 2. The molecular weight excluding hydrogens is 705 g/mol. The molecule has 0 amide bonds. The van der Waals surface area contributed by atoms with Crippen LogP contribution in [0.25, 0.3) is 55.3 Å². The molecule has 0 saturated heterocycles. The first kappa shape index (κ1) is 37.9. The first-order valence-electron chi connectivity index (χ1n) is 20.2. The van der Waals surface area contributed by atoms with Gasteiger partial charge in [0.05, 0.1) is 11.0 Å². The van der Waals surface area contributed by atoms with Crippen molar-refractivity contribution in [3.05, 3.63) is 211 Å². The van der Waals surface area contributed by atoms with Gasteiger partial charge in [-0.2, -0.15) is 0 Å². The van der Waals surface area contributed by atoms with Crippen LogP contribution in [0.15, 0.2) is 189 Å². The molecule has 1 heterocycles. The predicted molar refractivity (Wildman–Crippen MR) is 248 cm³/mol. The van der Waals surface area contributed by atoms with Crippen LogP contribution in [0.1, 0.15) is 61.7 Å². The maximum absolute atomic E-state index is 11.7. The monoisotopic (exact) mass is 752 g/mol. The third-order valence-corrected chi connectivity index (χ3v) is 11.4. The number of allylic oxidation sites excluding steroid dienone is 5. The Labute approximate surface area is 342 Å². The predicted octanol–water partition coefficient (Wildman–Crippen LogP) is 15.2. The van der Waals surface area contributed by atoms with Crippen LogP contribution in [0.4, 0.5) is 17.1 Å². The summed E-state index contributed by atoms with van der Waals surface area (Å²) in [5.41, 5.74) is 16.5. The van der Waals surface area contributed by atoms with Gasteiger partial charge in [-0.3, -0.25) is 4.79 Å². The van der Waals surface area contributed by atoms with Crippen LogP contribution < -0.4 is 4.90 Å². The van der Waals surface area contributed by atoms with Crippen molar-refractivity contribution in [1.29, 1.82) is 0 Å². The smallest absolute Gasteiger partial charge is 0.150 e. The van der Waals surface area contributed by atoms with Crippen LogP contribution in [-0.2, 0) is 5.41 Å². The lowest BCUT2D eigenvalue weighted by atomic mass is 9.82. The number of anilines is 3. The molecule has 0 atom stereocenters. The Morgan fingerprint density at radius 3 is 1.91 bits per heavy atom. The maximum Gasteiger partial charge on any atom is 0.150 e. The van der Waals surface area contributed by atoms with Gasteiger partial charge in [-0.05, 0) is 124 Å². The Hall–Kier alpha value is -6.97. The molecular formula is C55H48N2O. The molecule has 0 saturated carbocycles. The van der Waals surface area contributed by atoms with E-state index in [2.05, 4.69) is 182 Å². The second kappa shape index (κ2) is 15.9. The van der Waals surface area contributed by atoms with E-state index in [9.17, 15) is 4.79 Å². The number of aldehydes is 1. The average Bonchev–Trinajstić information content (AvgIpc) is 3.73. The van der Waals surface area contributed by atoms with E-state index < -0.39 is 0 Å². The minimum Gasteiger partial charge on any atom is -0.310 e. The summed E-state index contributed by atoms with van der Waals surface area (Å²) in [5, 5.41) is 2.47. The molecule has 8 aromatic rings. The van der Waals surface area contributed by atoms with Crippen LogP contribution in [0, 0.1) is 0 Å². The maximum atomic E-state index is 11.7. The first-order valence-corrected chi connectivity index (χ1v) is 20.2. The second-order valence-corrected chi connectivity index (χ2v) is 15.0. The van der Waals surface area contributed by atoms with E-state index in [1.165, 1.54) is 49.6 Å². The number of para-hydroxylation sites is 2. The highest BCUT2D eigenvalue weighted by Crippen LogP contribution is 2.51. The van der Waals surface area contributed by atoms with Gasteiger partial charge in [-0.1, -0.05) is 144 Å². The van der Waals surface area contributed by atoms with Crippen LogP contribution >= 0.6 is 0 Å². The summed E-state index contributed by atoms with van der Waals surface area (Å²) < 4.78 is 2.35. The highest BCUT2D eigenvalue weighted by molar-refractivity contribution is 6.10. The number of fused-ring (bicyclic) bond motifs is 6. The van der Waals surface area contributed by atoms with Crippen molar-refractivity contribution < 1.29 is 4.79 Å². The summed E-state index contributed by atoms with van der Waals surface area (Å²) in [6.45, 7) is 14.6. The minimum absolute atomic E-state index is 0.266. The van der Waals surface area contributed by atoms with E-state index in [1.54, 1.807) is 0 Å². The molecule has 3 nitrogen and oxygen atoms in total. The SMILES string of the molecule is C=C/C(=C\C=C/C)c1ccc(N(c2ccc(-c3ccc4c(c3)c3ccccc3n4-c3ccccc3)cc2)c2ccc3c(c2)C(C)(C)c2cc(C=O)ccc2-3)cc1.CC. The lowest BCUT2D eigenvalue weighted by Gasteiger charge is -2.28. The Bertz CT molecular complexity index is 2850. The molecule has 58 heavy (non-hydrogen) atoms. The number of nitrogens with zero attached hydrogens (tertiary/aromatic N) is 2. The van der Waals surface area contributed by atoms with Gasteiger partial charge in [-0.15, -0.1) is 0 Å². The number of benzene rings is 7. The topological polar surface area (TPSA) is 25.2 Å². The van der Waals surface area contributed by atoms with Crippen LogP contribution in [0.3, 0.4) is 0 Å². The van der Waals surface area contributed by atoms with E-state index in [0.717, 1.165) is 45.7 Å².